The van der Waals surface area contributed by atoms with Crippen LogP contribution < -0.4 is 14.2 Å². The van der Waals surface area contributed by atoms with Crippen LogP contribution in [0.1, 0.15) is 31.2 Å². The van der Waals surface area contributed by atoms with Crippen LogP contribution in [-0.4, -0.2) is 39.9 Å². The molecule has 2 aromatic rings. The highest BCUT2D eigenvalue weighted by molar-refractivity contribution is 7.89. The van der Waals surface area contributed by atoms with E-state index in [0.29, 0.717) is 44.0 Å². The van der Waals surface area contributed by atoms with Crippen molar-refractivity contribution in [1.29, 1.82) is 0 Å². The summed E-state index contributed by atoms with van der Waals surface area (Å²) in [6, 6.07) is 13.6. The number of unbranched alkanes of at least 4 members (excludes halogenated alkanes) is 2. The van der Waals surface area contributed by atoms with Crippen LogP contribution in [0.3, 0.4) is 0 Å². The summed E-state index contributed by atoms with van der Waals surface area (Å²) in [6.07, 6.45) is 1.69. The summed E-state index contributed by atoms with van der Waals surface area (Å²) in [5.74, 6) is -0.486. The van der Waals surface area contributed by atoms with Crippen LogP contribution >= 0.6 is 0 Å². The third-order valence-electron chi connectivity index (χ3n) is 4.64. The Kier molecular flexibility index (Phi) is 8.02. The molecule has 0 unspecified atom stereocenters. The number of Topliss-reactive ketones (excluding diaryl/α,β-unsaturated/α-hetero) is 1. The second kappa shape index (κ2) is 10.9. The normalized spacial score (nSPS) is 12.9. The second-order valence-corrected chi connectivity index (χ2v) is 8.77. The molecule has 2 aromatic carbocycles. The first kappa shape index (κ1) is 22.8. The smallest absolute Gasteiger partial charge is 0.374 e. The van der Waals surface area contributed by atoms with Crippen molar-refractivity contribution in [2.24, 2.45) is 0 Å². The maximum atomic E-state index is 12.4. The van der Waals surface area contributed by atoms with Gasteiger partial charge in [-0.15, -0.1) is 0 Å². The Morgan fingerprint density at radius 3 is 2.45 bits per heavy atom. The molecule has 1 heterocycles. The fourth-order valence-electron chi connectivity index (χ4n) is 2.97. The number of carbonyl (C=O) groups is 2. The van der Waals surface area contributed by atoms with Crippen LogP contribution in [-0.2, 0) is 31.0 Å². The molecule has 0 fully saturated rings. The summed E-state index contributed by atoms with van der Waals surface area (Å²) >= 11 is 0. The van der Waals surface area contributed by atoms with Crippen molar-refractivity contribution in [3.05, 3.63) is 54.1 Å². The van der Waals surface area contributed by atoms with E-state index in [1.54, 1.807) is 6.07 Å². The predicted molar refractivity (Wildman–Crippen MR) is 112 cm³/mol. The van der Waals surface area contributed by atoms with Crippen LogP contribution in [0.15, 0.2) is 53.4 Å². The zero-order valence-electron chi connectivity index (χ0n) is 17.0. The molecular formula is C22H25NO7S. The molecule has 1 aliphatic rings. The van der Waals surface area contributed by atoms with Gasteiger partial charge in [-0.3, -0.25) is 4.79 Å². The van der Waals surface area contributed by atoms with Gasteiger partial charge in [-0.05, 0) is 30.5 Å². The first-order valence-corrected chi connectivity index (χ1v) is 11.6. The van der Waals surface area contributed by atoms with Crippen LogP contribution in [0.5, 0.6) is 11.5 Å². The van der Waals surface area contributed by atoms with Crippen molar-refractivity contribution >= 4 is 21.8 Å². The third kappa shape index (κ3) is 6.80. The fourth-order valence-corrected chi connectivity index (χ4v) is 4.06. The molecular weight excluding hydrogens is 422 g/mol. The number of benzene rings is 2. The molecule has 0 amide bonds. The molecule has 1 N–H and O–H groups in total. The number of hydrogen-bond acceptors (Lipinski definition) is 7. The number of fused-ring (bicyclic) bond motifs is 1. The Hall–Kier alpha value is -2.91. The molecule has 1 aliphatic heterocycles. The summed E-state index contributed by atoms with van der Waals surface area (Å²) < 4.78 is 43.2. The fraction of sp³-hybridized carbons (Fsp3) is 0.364. The number of esters is 1. The van der Waals surface area contributed by atoms with Crippen LogP contribution in [0.2, 0.25) is 0 Å². The quantitative estimate of drug-likeness (QED) is 0.320. The second-order valence-electron chi connectivity index (χ2n) is 7.00. The lowest BCUT2D eigenvalue weighted by Gasteiger charge is -2.18. The van der Waals surface area contributed by atoms with Crippen molar-refractivity contribution in [1.82, 2.24) is 4.72 Å². The van der Waals surface area contributed by atoms with Crippen LogP contribution in [0.25, 0.3) is 0 Å². The van der Waals surface area contributed by atoms with E-state index < -0.39 is 21.8 Å². The maximum absolute atomic E-state index is 12.4. The van der Waals surface area contributed by atoms with E-state index in [9.17, 15) is 18.0 Å². The van der Waals surface area contributed by atoms with Gasteiger partial charge in [0.05, 0.1) is 4.90 Å². The molecule has 0 aromatic heterocycles. The Labute approximate surface area is 181 Å². The number of hydrogen-bond donors (Lipinski definition) is 1. The van der Waals surface area contributed by atoms with Gasteiger partial charge < -0.3 is 14.2 Å². The number of nitrogens with one attached hydrogen (secondary N) is 1. The van der Waals surface area contributed by atoms with Crippen molar-refractivity contribution < 1.29 is 32.2 Å². The summed E-state index contributed by atoms with van der Waals surface area (Å²) in [7, 11) is -3.67. The van der Waals surface area contributed by atoms with Gasteiger partial charge in [-0.2, -0.15) is 0 Å². The minimum absolute atomic E-state index is 0.0626. The molecule has 3 rings (SSSR count). The van der Waals surface area contributed by atoms with Crippen molar-refractivity contribution in [2.75, 3.05) is 19.8 Å². The van der Waals surface area contributed by atoms with E-state index in [1.165, 1.54) is 12.1 Å². The lowest BCUT2D eigenvalue weighted by molar-refractivity contribution is -0.154. The first-order valence-electron chi connectivity index (χ1n) is 10.1. The highest BCUT2D eigenvalue weighted by Gasteiger charge is 2.19. The number of sulfonamides is 1. The topological polar surface area (TPSA) is 108 Å². The van der Waals surface area contributed by atoms with Crippen LogP contribution in [0, 0.1) is 0 Å². The van der Waals surface area contributed by atoms with Crippen molar-refractivity contribution in [3.8, 4) is 11.5 Å². The zero-order chi connectivity index (χ0) is 22.1. The molecule has 0 spiro atoms. The van der Waals surface area contributed by atoms with Crippen molar-refractivity contribution in [2.45, 2.75) is 37.2 Å². The average Bonchev–Trinajstić information content (AvgIpc) is 2.79. The highest BCUT2D eigenvalue weighted by atomic mass is 32.2. The largest absolute Gasteiger partial charge is 0.486 e. The summed E-state index contributed by atoms with van der Waals surface area (Å²) in [6.45, 7) is 1.10. The molecule has 31 heavy (non-hydrogen) atoms. The minimum Gasteiger partial charge on any atom is -0.486 e. The van der Waals surface area contributed by atoms with E-state index in [2.05, 4.69) is 4.72 Å². The summed E-state index contributed by atoms with van der Waals surface area (Å²) in [5, 5.41) is 0. The average molecular weight is 448 g/mol. The lowest BCUT2D eigenvalue weighted by Crippen LogP contribution is -2.25. The first-order chi connectivity index (χ1) is 15.0. The van der Waals surface area contributed by atoms with Gasteiger partial charge in [0.2, 0.25) is 15.8 Å². The van der Waals surface area contributed by atoms with E-state index >= 15 is 0 Å². The number of carbonyl (C=O) groups excluding carboxylic acids is 2. The Morgan fingerprint density at radius 1 is 0.935 bits per heavy atom. The van der Waals surface area contributed by atoms with Gasteiger partial charge in [-0.1, -0.05) is 36.8 Å². The predicted octanol–water partition coefficient (Wildman–Crippen LogP) is 2.61. The van der Waals surface area contributed by atoms with E-state index in [1.807, 2.05) is 30.3 Å². The van der Waals surface area contributed by atoms with E-state index in [-0.39, 0.29) is 24.5 Å². The monoisotopic (exact) mass is 447 g/mol. The Morgan fingerprint density at radius 2 is 1.68 bits per heavy atom. The maximum Gasteiger partial charge on any atom is 0.374 e. The summed E-state index contributed by atoms with van der Waals surface area (Å²) in [4.78, 5) is 23.7. The third-order valence-corrected chi connectivity index (χ3v) is 6.10. The Balaban J connectivity index is 1.33. The number of ketones is 1. The molecule has 166 valence electrons. The van der Waals surface area contributed by atoms with Crippen molar-refractivity contribution in [3.63, 3.8) is 0 Å². The van der Waals surface area contributed by atoms with Gasteiger partial charge >= 0.3 is 5.97 Å². The van der Waals surface area contributed by atoms with Gasteiger partial charge in [0.1, 0.15) is 19.8 Å². The molecule has 9 heteroatoms. The van der Waals surface area contributed by atoms with E-state index in [0.717, 1.165) is 5.56 Å². The standard InChI is InChI=1S/C22H25NO7S/c24-19(22(25)30-16-17-7-3-1-4-8-17)9-5-2-6-12-23-31(26,27)18-10-11-20-21(15-18)29-14-13-28-20/h1,3-4,7-8,10-11,15,23H,2,5-6,9,12-14,16H2. The highest BCUT2D eigenvalue weighted by Crippen LogP contribution is 2.32. The lowest BCUT2D eigenvalue weighted by atomic mass is 10.1. The van der Waals surface area contributed by atoms with E-state index in [4.69, 9.17) is 14.2 Å². The molecule has 0 saturated heterocycles. The molecule has 0 radical (unpaired) electrons. The molecule has 0 aliphatic carbocycles. The number of rotatable bonds is 11. The summed E-state index contributed by atoms with van der Waals surface area (Å²) in [5.41, 5.74) is 0.814. The zero-order valence-corrected chi connectivity index (χ0v) is 17.9. The van der Waals surface area contributed by atoms with Gasteiger partial charge in [0.15, 0.2) is 11.5 Å². The molecule has 0 bridgehead atoms. The SMILES string of the molecule is O=C(CCCCCNS(=O)(=O)c1ccc2c(c1)OCCO2)C(=O)OCc1ccccc1. The van der Waals surface area contributed by atoms with Gasteiger partial charge in [-0.25, -0.2) is 17.9 Å². The van der Waals surface area contributed by atoms with Gasteiger partial charge in [0.25, 0.3) is 0 Å². The minimum atomic E-state index is -3.67. The number of ether oxygens (including phenoxy) is 3. The molecule has 0 saturated carbocycles. The molecule has 8 nitrogen and oxygen atoms in total. The van der Waals surface area contributed by atoms with Gasteiger partial charge in [0, 0.05) is 19.0 Å². The molecule has 0 atom stereocenters. The van der Waals surface area contributed by atoms with Crippen LogP contribution in [0.4, 0.5) is 0 Å². The Bertz CT molecular complexity index is 1010.